The fourth-order valence-corrected chi connectivity index (χ4v) is 5.00. The minimum absolute atomic E-state index is 0.0301. The second kappa shape index (κ2) is 3.53. The van der Waals surface area contributed by atoms with Gasteiger partial charge in [-0.15, -0.1) is 0 Å². The van der Waals surface area contributed by atoms with Gasteiger partial charge in [-0.3, -0.25) is 4.90 Å². The Labute approximate surface area is 124 Å². The van der Waals surface area contributed by atoms with Crippen LogP contribution in [0.15, 0.2) is 35.4 Å². The fourth-order valence-electron chi connectivity index (χ4n) is 5.00. The van der Waals surface area contributed by atoms with Crippen molar-refractivity contribution in [3.8, 4) is 11.5 Å². The maximum Gasteiger partial charge on any atom is 0.166 e. The smallest absolute Gasteiger partial charge is 0.166 e. The standard InChI is InChI=1S/C18H19NO2/c1-10-3-5-12-13-9-11-4-6-14(20)16-15(11)18(12,17(10)21-16)7-8-19(13)2/h3-6,13,17,20H,7-9H2,1-2H3/t13?,17-,18-/m0/s1. The lowest BCUT2D eigenvalue weighted by Gasteiger charge is -2.53. The lowest BCUT2D eigenvalue weighted by Crippen LogP contribution is -2.58. The molecule has 1 N–H and O–H groups in total. The summed E-state index contributed by atoms with van der Waals surface area (Å²) in [5.41, 5.74) is 5.36. The van der Waals surface area contributed by atoms with Crippen molar-refractivity contribution < 1.29 is 9.84 Å². The van der Waals surface area contributed by atoms with E-state index in [1.807, 2.05) is 0 Å². The number of benzene rings is 1. The number of likely N-dealkylation sites (N-methyl/N-ethyl adjacent to an activating group) is 1. The predicted molar refractivity (Wildman–Crippen MR) is 80.8 cm³/mol. The Morgan fingerprint density at radius 1 is 1.33 bits per heavy atom. The van der Waals surface area contributed by atoms with Gasteiger partial charge in [-0.25, -0.2) is 0 Å². The van der Waals surface area contributed by atoms with Crippen LogP contribution in [0.25, 0.3) is 0 Å². The number of phenolic OH excluding ortho intramolecular Hbond substituents is 1. The summed E-state index contributed by atoms with van der Waals surface area (Å²) in [4.78, 5) is 2.47. The number of likely N-dealkylation sites (tertiary alicyclic amines) is 1. The molecule has 1 aromatic carbocycles. The van der Waals surface area contributed by atoms with Crippen LogP contribution in [-0.4, -0.2) is 35.7 Å². The topological polar surface area (TPSA) is 32.7 Å². The van der Waals surface area contributed by atoms with Gasteiger partial charge in [0.25, 0.3) is 0 Å². The highest BCUT2D eigenvalue weighted by Crippen LogP contribution is 2.62. The molecular formula is C18H19NO2. The number of ether oxygens (including phenoxy) is 1. The molecule has 2 aliphatic carbocycles. The summed E-state index contributed by atoms with van der Waals surface area (Å²) in [5.74, 6) is 1.03. The summed E-state index contributed by atoms with van der Waals surface area (Å²) < 4.78 is 6.28. The molecule has 2 bridgehead atoms. The second-order valence-electron chi connectivity index (χ2n) is 6.90. The maximum absolute atomic E-state index is 10.3. The summed E-state index contributed by atoms with van der Waals surface area (Å²) in [7, 11) is 2.22. The van der Waals surface area contributed by atoms with E-state index in [2.05, 4.69) is 37.1 Å². The van der Waals surface area contributed by atoms with Crippen molar-refractivity contribution >= 4 is 0 Å². The van der Waals surface area contributed by atoms with E-state index in [-0.39, 0.29) is 11.5 Å². The van der Waals surface area contributed by atoms with Crippen LogP contribution in [0.4, 0.5) is 0 Å². The van der Waals surface area contributed by atoms with Crippen LogP contribution in [0.5, 0.6) is 11.5 Å². The Hall–Kier alpha value is -1.74. The van der Waals surface area contributed by atoms with Gasteiger partial charge in [0.2, 0.25) is 0 Å². The fraction of sp³-hybridized carbons (Fsp3) is 0.444. The summed E-state index contributed by atoms with van der Waals surface area (Å²) in [6.45, 7) is 3.24. The highest BCUT2D eigenvalue weighted by molar-refractivity contribution is 5.67. The lowest BCUT2D eigenvalue weighted by atomic mass is 9.56. The Morgan fingerprint density at radius 2 is 2.19 bits per heavy atom. The molecule has 0 radical (unpaired) electrons. The molecule has 1 saturated heterocycles. The first-order chi connectivity index (χ1) is 10.1. The van der Waals surface area contributed by atoms with Gasteiger partial charge < -0.3 is 9.84 Å². The van der Waals surface area contributed by atoms with Crippen LogP contribution >= 0.6 is 0 Å². The molecule has 21 heavy (non-hydrogen) atoms. The molecule has 2 heterocycles. The molecule has 1 aromatic rings. The average molecular weight is 281 g/mol. The second-order valence-corrected chi connectivity index (χ2v) is 6.90. The largest absolute Gasteiger partial charge is 0.504 e. The Morgan fingerprint density at radius 3 is 3.05 bits per heavy atom. The van der Waals surface area contributed by atoms with Crippen molar-refractivity contribution in [2.24, 2.45) is 0 Å². The van der Waals surface area contributed by atoms with Gasteiger partial charge >= 0.3 is 0 Å². The SMILES string of the molecule is CC1=CC=C2C3Cc4ccc(O)c5c4[C@@]2(CCN3C)[C@H]1O5. The number of allylic oxidation sites excluding steroid dienone is 2. The van der Waals surface area contributed by atoms with Crippen LogP contribution in [0.2, 0.25) is 0 Å². The van der Waals surface area contributed by atoms with Gasteiger partial charge in [0, 0.05) is 11.6 Å². The average Bonchev–Trinajstić information content (AvgIpc) is 2.83. The van der Waals surface area contributed by atoms with Crippen molar-refractivity contribution in [2.75, 3.05) is 13.6 Å². The van der Waals surface area contributed by atoms with Crippen LogP contribution in [-0.2, 0) is 11.8 Å². The molecule has 4 aliphatic rings. The Kier molecular flexibility index (Phi) is 1.99. The molecule has 0 aromatic heterocycles. The van der Waals surface area contributed by atoms with Crippen LogP contribution in [0, 0.1) is 0 Å². The van der Waals surface area contributed by atoms with E-state index in [0.717, 1.165) is 25.1 Å². The molecule has 3 atom stereocenters. The van der Waals surface area contributed by atoms with Crippen LogP contribution in [0.1, 0.15) is 24.5 Å². The first kappa shape index (κ1) is 11.9. The molecule has 1 spiro atoms. The van der Waals surface area contributed by atoms with Crippen molar-refractivity contribution in [1.82, 2.24) is 4.90 Å². The molecule has 0 saturated carbocycles. The van der Waals surface area contributed by atoms with Gasteiger partial charge in [-0.1, -0.05) is 18.2 Å². The lowest BCUT2D eigenvalue weighted by molar-refractivity contribution is 0.111. The number of rotatable bonds is 0. The predicted octanol–water partition coefficient (Wildman–Crippen LogP) is 2.54. The van der Waals surface area contributed by atoms with E-state index in [1.165, 1.54) is 22.3 Å². The Balaban J connectivity index is 1.89. The first-order valence-electron chi connectivity index (χ1n) is 7.74. The zero-order valence-electron chi connectivity index (χ0n) is 12.4. The molecule has 0 amide bonds. The Bertz CT molecular complexity index is 733. The first-order valence-corrected chi connectivity index (χ1v) is 7.74. The monoisotopic (exact) mass is 281 g/mol. The summed E-state index contributed by atoms with van der Waals surface area (Å²) in [6.07, 6.45) is 6.69. The zero-order chi connectivity index (χ0) is 14.4. The van der Waals surface area contributed by atoms with Crippen molar-refractivity contribution in [3.05, 3.63) is 46.6 Å². The van der Waals surface area contributed by atoms with E-state index in [9.17, 15) is 5.11 Å². The number of piperidine rings is 1. The van der Waals surface area contributed by atoms with E-state index < -0.39 is 0 Å². The van der Waals surface area contributed by atoms with E-state index in [4.69, 9.17) is 4.74 Å². The van der Waals surface area contributed by atoms with Crippen LogP contribution in [0.3, 0.4) is 0 Å². The van der Waals surface area contributed by atoms with Gasteiger partial charge in [0.05, 0.1) is 5.41 Å². The molecule has 1 unspecified atom stereocenters. The number of hydrogen-bond donors (Lipinski definition) is 1. The molecule has 2 aliphatic heterocycles. The van der Waals surface area contributed by atoms with Crippen molar-refractivity contribution in [2.45, 2.75) is 37.3 Å². The third-order valence-corrected chi connectivity index (χ3v) is 5.97. The molecule has 5 rings (SSSR count). The van der Waals surface area contributed by atoms with Crippen LogP contribution < -0.4 is 4.74 Å². The summed E-state index contributed by atoms with van der Waals surface area (Å²) in [5, 5.41) is 10.3. The van der Waals surface area contributed by atoms with E-state index in [0.29, 0.717) is 11.8 Å². The third-order valence-electron chi connectivity index (χ3n) is 5.97. The zero-order valence-corrected chi connectivity index (χ0v) is 12.4. The minimum Gasteiger partial charge on any atom is -0.504 e. The van der Waals surface area contributed by atoms with Crippen molar-refractivity contribution in [1.29, 1.82) is 0 Å². The quantitative estimate of drug-likeness (QED) is 0.793. The van der Waals surface area contributed by atoms with E-state index in [1.54, 1.807) is 6.07 Å². The molecule has 108 valence electrons. The van der Waals surface area contributed by atoms with Gasteiger partial charge in [-0.05, 0) is 56.1 Å². The van der Waals surface area contributed by atoms with Gasteiger partial charge in [0.15, 0.2) is 11.5 Å². The normalized spacial score (nSPS) is 35.7. The number of phenols is 1. The summed E-state index contributed by atoms with van der Waals surface area (Å²) >= 11 is 0. The number of aromatic hydroxyl groups is 1. The highest BCUT2D eigenvalue weighted by atomic mass is 16.5. The molecule has 3 nitrogen and oxygen atoms in total. The molecule has 1 fully saturated rings. The van der Waals surface area contributed by atoms with Gasteiger partial charge in [-0.2, -0.15) is 0 Å². The molecular weight excluding hydrogens is 262 g/mol. The van der Waals surface area contributed by atoms with E-state index >= 15 is 0 Å². The summed E-state index contributed by atoms with van der Waals surface area (Å²) in [6, 6.07) is 4.36. The van der Waals surface area contributed by atoms with Gasteiger partial charge in [0.1, 0.15) is 6.10 Å². The molecule has 3 heteroatoms. The number of nitrogens with zero attached hydrogens (tertiary/aromatic N) is 1. The van der Waals surface area contributed by atoms with Crippen molar-refractivity contribution in [3.63, 3.8) is 0 Å². The highest BCUT2D eigenvalue weighted by Gasteiger charge is 2.60. The third kappa shape index (κ3) is 1.17. The minimum atomic E-state index is -0.0301. The number of hydrogen-bond acceptors (Lipinski definition) is 3. The maximum atomic E-state index is 10.3.